The Bertz CT molecular complexity index is 483. The normalized spacial score (nSPS) is 10.3. The molecule has 0 aliphatic heterocycles. The topological polar surface area (TPSA) is 9.23 Å². The van der Waals surface area contributed by atoms with Gasteiger partial charge in [0.25, 0.3) is 0 Å². The molecule has 17 heavy (non-hydrogen) atoms. The van der Waals surface area contributed by atoms with Crippen molar-refractivity contribution in [2.24, 2.45) is 0 Å². The van der Waals surface area contributed by atoms with E-state index in [1.54, 1.807) is 0 Å². The highest BCUT2D eigenvalue weighted by molar-refractivity contribution is 9.10. The van der Waals surface area contributed by atoms with Crippen LogP contribution in [0.3, 0.4) is 0 Å². The largest absolute Gasteiger partial charge is 0.489 e. The second-order valence-electron chi connectivity index (χ2n) is 4.24. The summed E-state index contributed by atoms with van der Waals surface area (Å²) in [6.45, 7) is 4.83. The molecule has 1 nitrogen and oxygen atoms in total. The monoisotopic (exact) mass is 290 g/mol. The van der Waals surface area contributed by atoms with Gasteiger partial charge in [-0.25, -0.2) is 0 Å². The zero-order valence-corrected chi connectivity index (χ0v) is 11.6. The third kappa shape index (κ3) is 3.60. The summed E-state index contributed by atoms with van der Waals surface area (Å²) in [6, 6.07) is 14.4. The van der Waals surface area contributed by atoms with Gasteiger partial charge in [0.05, 0.1) is 0 Å². The second kappa shape index (κ2) is 5.37. The van der Waals surface area contributed by atoms with Crippen LogP contribution in [-0.4, -0.2) is 0 Å². The van der Waals surface area contributed by atoms with Crippen molar-refractivity contribution in [3.05, 3.63) is 63.6 Å². The van der Waals surface area contributed by atoms with Crippen LogP contribution in [0.25, 0.3) is 0 Å². The summed E-state index contributed by atoms with van der Waals surface area (Å²) in [5.74, 6) is 0.896. The molecule has 0 radical (unpaired) electrons. The first-order chi connectivity index (χ1) is 8.13. The lowest BCUT2D eigenvalue weighted by molar-refractivity contribution is 0.306. The minimum atomic E-state index is 0.615. The molecule has 0 spiro atoms. The van der Waals surface area contributed by atoms with E-state index in [4.69, 9.17) is 4.74 Å². The van der Waals surface area contributed by atoms with Crippen molar-refractivity contribution in [3.63, 3.8) is 0 Å². The molecule has 0 saturated carbocycles. The fourth-order valence-electron chi connectivity index (χ4n) is 1.85. The average molecular weight is 291 g/mol. The van der Waals surface area contributed by atoms with Gasteiger partial charge in [-0.3, -0.25) is 0 Å². The zero-order valence-electron chi connectivity index (χ0n) is 10.0. The van der Waals surface area contributed by atoms with Crippen molar-refractivity contribution in [1.82, 2.24) is 0 Å². The second-order valence-corrected chi connectivity index (χ2v) is 5.15. The molecule has 0 aliphatic rings. The number of benzene rings is 2. The van der Waals surface area contributed by atoms with E-state index in [-0.39, 0.29) is 0 Å². The number of hydrogen-bond donors (Lipinski definition) is 0. The summed E-state index contributed by atoms with van der Waals surface area (Å²) in [5, 5.41) is 0. The molecule has 0 saturated heterocycles. The third-order valence-corrected chi connectivity index (χ3v) is 3.03. The first-order valence-corrected chi connectivity index (χ1v) is 6.38. The Hall–Kier alpha value is -1.28. The van der Waals surface area contributed by atoms with E-state index >= 15 is 0 Å². The van der Waals surface area contributed by atoms with Crippen molar-refractivity contribution in [2.75, 3.05) is 0 Å². The van der Waals surface area contributed by atoms with E-state index in [1.165, 1.54) is 16.7 Å². The molecular formula is C15H15BrO. The molecule has 2 aromatic rings. The van der Waals surface area contributed by atoms with E-state index < -0.39 is 0 Å². The van der Waals surface area contributed by atoms with E-state index in [0.29, 0.717) is 6.61 Å². The molecule has 0 bridgehead atoms. The first kappa shape index (κ1) is 12.2. The molecule has 0 unspecified atom stereocenters. The fourth-order valence-corrected chi connectivity index (χ4v) is 2.11. The van der Waals surface area contributed by atoms with Crippen molar-refractivity contribution in [2.45, 2.75) is 20.5 Å². The average Bonchev–Trinajstić information content (AvgIpc) is 2.27. The van der Waals surface area contributed by atoms with Crippen LogP contribution in [0, 0.1) is 13.8 Å². The van der Waals surface area contributed by atoms with E-state index in [9.17, 15) is 0 Å². The smallest absolute Gasteiger partial charge is 0.119 e. The van der Waals surface area contributed by atoms with Crippen LogP contribution in [0.5, 0.6) is 5.75 Å². The molecule has 2 rings (SSSR count). The molecule has 0 fully saturated rings. The Morgan fingerprint density at radius 3 is 2.12 bits per heavy atom. The van der Waals surface area contributed by atoms with Crippen LogP contribution in [0.1, 0.15) is 16.7 Å². The van der Waals surface area contributed by atoms with Gasteiger partial charge in [-0.1, -0.05) is 45.3 Å². The van der Waals surface area contributed by atoms with Gasteiger partial charge >= 0.3 is 0 Å². The Balaban J connectivity index is 2.04. The lowest BCUT2D eigenvalue weighted by atomic mass is 10.1. The minimum Gasteiger partial charge on any atom is -0.489 e. The van der Waals surface area contributed by atoms with Crippen LogP contribution in [0.2, 0.25) is 0 Å². The molecule has 88 valence electrons. The van der Waals surface area contributed by atoms with E-state index in [1.807, 2.05) is 24.3 Å². The fraction of sp³-hybridized carbons (Fsp3) is 0.200. The highest BCUT2D eigenvalue weighted by Crippen LogP contribution is 2.18. The standard InChI is InChI=1S/C15H15BrO/c1-11-7-12(2)9-13(8-11)10-17-15-5-3-14(16)4-6-15/h3-9H,10H2,1-2H3. The molecule has 0 aromatic heterocycles. The van der Waals surface area contributed by atoms with Crippen molar-refractivity contribution in [1.29, 1.82) is 0 Å². The highest BCUT2D eigenvalue weighted by Gasteiger charge is 1.98. The van der Waals surface area contributed by atoms with Crippen molar-refractivity contribution >= 4 is 15.9 Å². The molecule has 0 atom stereocenters. The molecule has 0 aliphatic carbocycles. The Kier molecular flexibility index (Phi) is 3.85. The summed E-state index contributed by atoms with van der Waals surface area (Å²) in [4.78, 5) is 0. The number of halogens is 1. The van der Waals surface area contributed by atoms with Gasteiger partial charge < -0.3 is 4.74 Å². The van der Waals surface area contributed by atoms with Crippen LogP contribution in [0.4, 0.5) is 0 Å². The molecule has 2 aromatic carbocycles. The van der Waals surface area contributed by atoms with Gasteiger partial charge in [0.1, 0.15) is 12.4 Å². The van der Waals surface area contributed by atoms with Gasteiger partial charge in [0.2, 0.25) is 0 Å². The summed E-state index contributed by atoms with van der Waals surface area (Å²) < 4.78 is 6.80. The predicted molar refractivity (Wildman–Crippen MR) is 74.4 cm³/mol. The molecule has 0 N–H and O–H groups in total. The Labute approximate surface area is 111 Å². The van der Waals surface area contributed by atoms with Crippen LogP contribution in [-0.2, 0) is 6.61 Å². The zero-order chi connectivity index (χ0) is 12.3. The summed E-state index contributed by atoms with van der Waals surface area (Å²) >= 11 is 3.40. The highest BCUT2D eigenvalue weighted by atomic mass is 79.9. The maximum atomic E-state index is 5.74. The maximum absolute atomic E-state index is 5.74. The van der Waals surface area contributed by atoms with Crippen LogP contribution < -0.4 is 4.74 Å². The van der Waals surface area contributed by atoms with Crippen LogP contribution in [0.15, 0.2) is 46.9 Å². The molecule has 0 heterocycles. The summed E-state index contributed by atoms with van der Waals surface area (Å²) in [7, 11) is 0. The lowest BCUT2D eigenvalue weighted by Gasteiger charge is -2.08. The Morgan fingerprint density at radius 2 is 1.53 bits per heavy atom. The third-order valence-electron chi connectivity index (χ3n) is 2.50. The number of rotatable bonds is 3. The predicted octanol–water partition coefficient (Wildman–Crippen LogP) is 4.64. The quantitative estimate of drug-likeness (QED) is 0.800. The molecular weight excluding hydrogens is 276 g/mol. The number of ether oxygens (including phenoxy) is 1. The first-order valence-electron chi connectivity index (χ1n) is 5.59. The SMILES string of the molecule is Cc1cc(C)cc(COc2ccc(Br)cc2)c1. The van der Waals surface area contributed by atoms with Gasteiger partial charge in [0, 0.05) is 4.47 Å². The molecule has 2 heteroatoms. The summed E-state index contributed by atoms with van der Waals surface area (Å²) in [6.07, 6.45) is 0. The minimum absolute atomic E-state index is 0.615. The van der Waals surface area contributed by atoms with Gasteiger partial charge in [-0.05, 0) is 43.7 Å². The Morgan fingerprint density at radius 1 is 0.941 bits per heavy atom. The lowest BCUT2D eigenvalue weighted by Crippen LogP contribution is -1.96. The van der Waals surface area contributed by atoms with E-state index in [2.05, 4.69) is 48.0 Å². The number of aryl methyl sites for hydroxylation is 2. The van der Waals surface area contributed by atoms with Gasteiger partial charge in [0.15, 0.2) is 0 Å². The molecule has 0 amide bonds. The van der Waals surface area contributed by atoms with Gasteiger partial charge in [-0.15, -0.1) is 0 Å². The number of hydrogen-bond acceptors (Lipinski definition) is 1. The summed E-state index contributed by atoms with van der Waals surface area (Å²) in [5.41, 5.74) is 3.77. The van der Waals surface area contributed by atoms with E-state index in [0.717, 1.165) is 10.2 Å². The van der Waals surface area contributed by atoms with Crippen molar-refractivity contribution < 1.29 is 4.74 Å². The van der Waals surface area contributed by atoms with Crippen molar-refractivity contribution in [3.8, 4) is 5.75 Å². The maximum Gasteiger partial charge on any atom is 0.119 e. The van der Waals surface area contributed by atoms with Crippen LogP contribution >= 0.6 is 15.9 Å². The van der Waals surface area contributed by atoms with Gasteiger partial charge in [-0.2, -0.15) is 0 Å².